The maximum Gasteiger partial charge on any atom is 0.329 e. The zero-order valence-electron chi connectivity index (χ0n) is 4.51. The van der Waals surface area contributed by atoms with Gasteiger partial charge in [-0.3, -0.25) is 9.59 Å². The Morgan fingerprint density at radius 1 is 1.75 bits per heavy atom. The van der Waals surface area contributed by atoms with Gasteiger partial charge in [0.1, 0.15) is 0 Å². The largest absolute Gasteiger partial charge is 0.344 e. The van der Waals surface area contributed by atoms with E-state index in [2.05, 4.69) is 4.84 Å². The lowest BCUT2D eigenvalue weighted by Crippen LogP contribution is -2.14. The van der Waals surface area contributed by atoms with E-state index in [-0.39, 0.29) is 12.6 Å². The van der Waals surface area contributed by atoms with Gasteiger partial charge in [0.25, 0.3) is 0 Å². The lowest BCUT2D eigenvalue weighted by atomic mass is 10.8. The summed E-state index contributed by atoms with van der Waals surface area (Å²) in [6.45, 7) is 1.19. The normalized spacial score (nSPS) is 6.12. The van der Waals surface area contributed by atoms with Gasteiger partial charge in [-0.15, -0.1) is 0 Å². The molecule has 0 aromatic rings. The highest BCUT2D eigenvalue weighted by Crippen LogP contribution is 1.61. The fourth-order valence-corrected chi connectivity index (χ4v) is 0.107. The molecule has 0 aliphatic heterocycles. The number of carbonyl (C=O) groups excluding carboxylic acids is 2. The van der Waals surface area contributed by atoms with Crippen LogP contribution in [0, 0.1) is 0 Å². The van der Waals surface area contributed by atoms with E-state index in [1.165, 1.54) is 6.92 Å². The summed E-state index contributed by atoms with van der Waals surface area (Å²) >= 11 is 0. The summed E-state index contributed by atoms with van der Waals surface area (Å²) in [7, 11) is 0. The molecule has 0 radical (unpaired) electrons. The molecular weight excluding hydrogens is 112 g/mol. The molecule has 0 atom stereocenters. The molecule has 0 spiro atoms. The van der Waals surface area contributed by atoms with Crippen LogP contribution in [0.5, 0.6) is 0 Å². The van der Waals surface area contributed by atoms with Crippen molar-refractivity contribution in [1.82, 2.24) is 11.6 Å². The molecule has 0 saturated carbocycles. The van der Waals surface area contributed by atoms with Gasteiger partial charge >= 0.3 is 5.97 Å². The number of amides is 1. The van der Waals surface area contributed by atoms with Crippen molar-refractivity contribution in [2.24, 2.45) is 0 Å². The van der Waals surface area contributed by atoms with Gasteiger partial charge in [0.05, 0.1) is 0 Å². The second kappa shape index (κ2) is 5.90. The fourth-order valence-electron chi connectivity index (χ4n) is 0.107. The number of hydrogen-bond acceptors (Lipinski definition) is 4. The summed E-state index contributed by atoms with van der Waals surface area (Å²) in [6.07, 6.45) is 0.279. The number of hydroxylamine groups is 1. The smallest absolute Gasteiger partial charge is 0.329 e. The van der Waals surface area contributed by atoms with E-state index < -0.39 is 5.97 Å². The first-order chi connectivity index (χ1) is 3.27. The van der Waals surface area contributed by atoms with Crippen LogP contribution in [0.15, 0.2) is 0 Å². The van der Waals surface area contributed by atoms with Gasteiger partial charge < -0.3 is 11.0 Å². The molecule has 0 aromatic heterocycles. The minimum atomic E-state index is -0.535. The van der Waals surface area contributed by atoms with E-state index in [1.807, 2.05) is 0 Å². The quantitative estimate of drug-likeness (QED) is 0.375. The van der Waals surface area contributed by atoms with E-state index >= 15 is 0 Å². The second-order valence-electron chi connectivity index (χ2n) is 0.829. The molecule has 48 valence electrons. The molecule has 0 rings (SSSR count). The second-order valence-corrected chi connectivity index (χ2v) is 0.829. The van der Waals surface area contributed by atoms with Crippen LogP contribution in [0.25, 0.3) is 0 Å². The van der Waals surface area contributed by atoms with Crippen LogP contribution in [0.2, 0.25) is 0 Å². The minimum absolute atomic E-state index is 0. The Labute approximate surface area is 46.5 Å². The Hall–Kier alpha value is -1.10. The maximum atomic E-state index is 9.76. The molecule has 0 bridgehead atoms. The lowest BCUT2D eigenvalue weighted by molar-refractivity contribution is -0.151. The molecule has 0 heterocycles. The zero-order chi connectivity index (χ0) is 5.70. The van der Waals surface area contributed by atoms with Crippen LogP contribution in [-0.4, -0.2) is 12.4 Å². The van der Waals surface area contributed by atoms with E-state index in [0.29, 0.717) is 0 Å². The summed E-state index contributed by atoms with van der Waals surface area (Å²) in [5.41, 5.74) is 1.72. The van der Waals surface area contributed by atoms with Gasteiger partial charge in [-0.1, -0.05) is 0 Å². The molecule has 0 saturated heterocycles. The first kappa shape index (κ1) is 10.0. The average Bonchev–Trinajstić information content (AvgIpc) is 1.61. The fraction of sp³-hybridized carbons (Fsp3) is 0.333. The van der Waals surface area contributed by atoms with E-state index in [0.717, 1.165) is 0 Å². The molecule has 0 aliphatic rings. The first-order valence-electron chi connectivity index (χ1n) is 1.64. The monoisotopic (exact) mass is 120 g/mol. The molecule has 5 nitrogen and oxygen atoms in total. The maximum absolute atomic E-state index is 9.76. The lowest BCUT2D eigenvalue weighted by Gasteiger charge is -1.90. The van der Waals surface area contributed by atoms with Crippen molar-refractivity contribution >= 4 is 12.4 Å². The Morgan fingerprint density at radius 3 is 2.38 bits per heavy atom. The molecule has 8 heavy (non-hydrogen) atoms. The Bertz CT molecular complexity index is 82.6. The minimum Gasteiger partial charge on any atom is -0.344 e. The van der Waals surface area contributed by atoms with Crippen molar-refractivity contribution in [3.63, 3.8) is 0 Å². The van der Waals surface area contributed by atoms with Gasteiger partial charge in [0, 0.05) is 6.92 Å². The molecular formula is C3H8N2O3. The predicted octanol–water partition coefficient (Wildman–Crippen LogP) is -0.628. The van der Waals surface area contributed by atoms with Gasteiger partial charge in [-0.25, -0.2) is 0 Å². The van der Waals surface area contributed by atoms with Crippen LogP contribution in [0.3, 0.4) is 0 Å². The van der Waals surface area contributed by atoms with Gasteiger partial charge in [0.15, 0.2) is 0 Å². The van der Waals surface area contributed by atoms with E-state index in [9.17, 15) is 9.59 Å². The van der Waals surface area contributed by atoms with Gasteiger partial charge in [-0.05, 0) is 0 Å². The van der Waals surface area contributed by atoms with Crippen molar-refractivity contribution < 1.29 is 14.4 Å². The molecule has 5 heteroatoms. The molecule has 0 unspecified atom stereocenters. The summed E-state index contributed by atoms with van der Waals surface area (Å²) < 4.78 is 0. The molecule has 0 aromatic carbocycles. The summed E-state index contributed by atoms with van der Waals surface area (Å²) in [5.74, 6) is -0.535. The first-order valence-corrected chi connectivity index (χ1v) is 1.64. The predicted molar refractivity (Wildman–Crippen MR) is 26.0 cm³/mol. The zero-order valence-corrected chi connectivity index (χ0v) is 4.51. The highest BCUT2D eigenvalue weighted by atomic mass is 16.7. The van der Waals surface area contributed by atoms with E-state index in [4.69, 9.17) is 0 Å². The van der Waals surface area contributed by atoms with Crippen LogP contribution in [-0.2, 0) is 14.4 Å². The molecule has 0 fully saturated rings. The number of nitrogens with one attached hydrogen (secondary N) is 1. The molecule has 0 aliphatic carbocycles. The Balaban J connectivity index is 0. The van der Waals surface area contributed by atoms with Gasteiger partial charge in [0.2, 0.25) is 6.41 Å². The van der Waals surface area contributed by atoms with Crippen LogP contribution >= 0.6 is 0 Å². The third-order valence-electron chi connectivity index (χ3n) is 0.251. The number of rotatable bonds is 2. The highest BCUT2D eigenvalue weighted by Gasteiger charge is 1.84. The van der Waals surface area contributed by atoms with Gasteiger partial charge in [-0.2, -0.15) is 5.48 Å². The Kier molecular flexibility index (Phi) is 7.38. The third-order valence-corrected chi connectivity index (χ3v) is 0.251. The molecule has 1 amide bonds. The summed E-state index contributed by atoms with van der Waals surface area (Å²) in [5, 5.41) is 0. The summed E-state index contributed by atoms with van der Waals surface area (Å²) in [6, 6.07) is 0. The van der Waals surface area contributed by atoms with Crippen molar-refractivity contribution in [3.05, 3.63) is 0 Å². The van der Waals surface area contributed by atoms with Crippen LogP contribution < -0.4 is 11.6 Å². The number of carbonyl (C=O) groups is 2. The van der Waals surface area contributed by atoms with E-state index in [1.54, 1.807) is 5.48 Å². The standard InChI is InChI=1S/C3H5NO3.H3N/c1-3(6)7-4-2-5;/h2H,1H3,(H,4,5);1H3. The van der Waals surface area contributed by atoms with Crippen LogP contribution in [0.1, 0.15) is 6.92 Å². The summed E-state index contributed by atoms with van der Waals surface area (Å²) in [4.78, 5) is 23.0. The topological polar surface area (TPSA) is 90.4 Å². The van der Waals surface area contributed by atoms with Crippen molar-refractivity contribution in [1.29, 1.82) is 0 Å². The van der Waals surface area contributed by atoms with Crippen molar-refractivity contribution in [2.45, 2.75) is 6.92 Å². The number of hydrogen-bond donors (Lipinski definition) is 2. The van der Waals surface area contributed by atoms with Crippen molar-refractivity contribution in [2.75, 3.05) is 0 Å². The molecule has 4 N–H and O–H groups in total. The highest BCUT2D eigenvalue weighted by molar-refractivity contribution is 5.66. The Morgan fingerprint density at radius 2 is 2.25 bits per heavy atom. The average molecular weight is 120 g/mol. The third kappa shape index (κ3) is 8.86. The van der Waals surface area contributed by atoms with Crippen molar-refractivity contribution in [3.8, 4) is 0 Å². The van der Waals surface area contributed by atoms with Crippen LogP contribution in [0.4, 0.5) is 0 Å². The SMILES string of the molecule is CC(=O)ONC=O.N.